The lowest BCUT2D eigenvalue weighted by Crippen LogP contribution is -2.32. The summed E-state index contributed by atoms with van der Waals surface area (Å²) in [6, 6.07) is -0.671. The normalized spacial score (nSPS) is 17.1. The molecule has 1 aromatic heterocycles. The van der Waals surface area contributed by atoms with Gasteiger partial charge < -0.3 is 10.4 Å². The Kier molecular flexibility index (Phi) is 2.49. The summed E-state index contributed by atoms with van der Waals surface area (Å²) in [6.07, 6.45) is 3.79. The van der Waals surface area contributed by atoms with E-state index >= 15 is 0 Å². The number of halogens is 1. The molecule has 2 rings (SSSR count). The molecule has 1 heterocycles. The van der Waals surface area contributed by atoms with Gasteiger partial charge in [0, 0.05) is 0 Å². The molecular formula is C9H10FN3O2. The Balaban J connectivity index is 2.05. The first-order chi connectivity index (χ1) is 7.16. The van der Waals surface area contributed by atoms with E-state index in [9.17, 15) is 9.18 Å². The van der Waals surface area contributed by atoms with Crippen LogP contribution in [0, 0.1) is 11.7 Å². The van der Waals surface area contributed by atoms with Crippen LogP contribution in [0.5, 0.6) is 0 Å². The molecule has 0 bridgehead atoms. The summed E-state index contributed by atoms with van der Waals surface area (Å²) in [4.78, 5) is 18.2. The average molecular weight is 211 g/mol. The molecule has 15 heavy (non-hydrogen) atoms. The summed E-state index contributed by atoms with van der Waals surface area (Å²) >= 11 is 0. The van der Waals surface area contributed by atoms with Gasteiger partial charge in [-0.1, -0.05) is 0 Å². The highest BCUT2D eigenvalue weighted by Crippen LogP contribution is 2.33. The molecule has 5 nitrogen and oxygen atoms in total. The van der Waals surface area contributed by atoms with Gasteiger partial charge in [0.15, 0.2) is 5.82 Å². The lowest BCUT2D eigenvalue weighted by molar-refractivity contribution is -0.138. The lowest BCUT2D eigenvalue weighted by Gasteiger charge is -2.12. The van der Waals surface area contributed by atoms with Gasteiger partial charge >= 0.3 is 5.97 Å². The highest BCUT2D eigenvalue weighted by atomic mass is 19.1. The Morgan fingerprint density at radius 1 is 1.53 bits per heavy atom. The number of aromatic nitrogens is 2. The molecular weight excluding hydrogens is 201 g/mol. The van der Waals surface area contributed by atoms with Crippen molar-refractivity contribution in [3.8, 4) is 0 Å². The highest BCUT2D eigenvalue weighted by Gasteiger charge is 2.36. The Hall–Kier alpha value is -1.72. The van der Waals surface area contributed by atoms with Crippen LogP contribution in [0.4, 0.5) is 10.3 Å². The Labute approximate surface area is 85.4 Å². The Morgan fingerprint density at radius 2 is 2.13 bits per heavy atom. The van der Waals surface area contributed by atoms with E-state index in [2.05, 4.69) is 15.3 Å². The summed E-state index contributed by atoms with van der Waals surface area (Å²) in [5.41, 5.74) is 0. The van der Waals surface area contributed by atoms with Gasteiger partial charge in [-0.15, -0.1) is 0 Å². The molecule has 80 valence electrons. The fourth-order valence-electron chi connectivity index (χ4n) is 1.34. The van der Waals surface area contributed by atoms with Gasteiger partial charge in [-0.05, 0) is 18.8 Å². The quantitative estimate of drug-likeness (QED) is 0.773. The maximum atomic E-state index is 12.5. The van der Waals surface area contributed by atoms with Crippen molar-refractivity contribution in [1.82, 2.24) is 9.97 Å². The fraction of sp³-hybridized carbons (Fsp3) is 0.444. The van der Waals surface area contributed by atoms with Crippen LogP contribution in [0.1, 0.15) is 12.8 Å². The van der Waals surface area contributed by atoms with Gasteiger partial charge in [-0.2, -0.15) is 0 Å². The maximum absolute atomic E-state index is 12.5. The number of carboxylic acid groups (broad SMARTS) is 1. The topological polar surface area (TPSA) is 75.1 Å². The zero-order chi connectivity index (χ0) is 10.8. The van der Waals surface area contributed by atoms with Crippen LogP contribution >= 0.6 is 0 Å². The summed E-state index contributed by atoms with van der Waals surface area (Å²) in [6.45, 7) is 0. The van der Waals surface area contributed by atoms with Gasteiger partial charge in [0.2, 0.25) is 5.95 Å². The van der Waals surface area contributed by atoms with Gasteiger partial charge in [0.1, 0.15) is 6.04 Å². The molecule has 1 aromatic rings. The number of carboxylic acids is 1. The lowest BCUT2D eigenvalue weighted by atomic mass is 10.2. The molecule has 1 fully saturated rings. The zero-order valence-corrected chi connectivity index (χ0v) is 7.85. The van der Waals surface area contributed by atoms with Crippen molar-refractivity contribution < 1.29 is 14.3 Å². The van der Waals surface area contributed by atoms with Crippen molar-refractivity contribution in [2.75, 3.05) is 5.32 Å². The minimum absolute atomic E-state index is 0.135. The molecule has 0 unspecified atom stereocenters. The molecule has 0 aromatic carbocycles. The first kappa shape index (κ1) is 9.82. The zero-order valence-electron chi connectivity index (χ0n) is 7.85. The standard InChI is InChI=1S/C9H10FN3O2/c10-6-3-11-9(12-4-6)13-7(8(14)15)5-1-2-5/h3-5,7H,1-2H2,(H,14,15)(H,11,12,13)/t7-/m0/s1. The van der Waals surface area contributed by atoms with Crippen LogP contribution in [0.3, 0.4) is 0 Å². The number of nitrogens with zero attached hydrogens (tertiary/aromatic N) is 2. The average Bonchev–Trinajstić information content (AvgIpc) is 3.00. The molecule has 0 aliphatic heterocycles. The van der Waals surface area contributed by atoms with Crippen molar-refractivity contribution in [2.24, 2.45) is 5.92 Å². The van der Waals surface area contributed by atoms with Crippen molar-refractivity contribution in [3.05, 3.63) is 18.2 Å². The third kappa shape index (κ3) is 2.39. The van der Waals surface area contributed by atoms with Crippen molar-refractivity contribution >= 4 is 11.9 Å². The van der Waals surface area contributed by atoms with E-state index in [-0.39, 0.29) is 11.9 Å². The molecule has 0 spiro atoms. The molecule has 1 aliphatic rings. The first-order valence-corrected chi connectivity index (χ1v) is 4.63. The molecule has 1 atom stereocenters. The predicted octanol–water partition coefficient (Wildman–Crippen LogP) is 0.891. The third-order valence-electron chi connectivity index (χ3n) is 2.26. The molecule has 0 amide bonds. The van der Waals surface area contributed by atoms with E-state index in [4.69, 9.17) is 5.11 Å². The van der Waals surface area contributed by atoms with E-state index in [0.29, 0.717) is 0 Å². The smallest absolute Gasteiger partial charge is 0.326 e. The van der Waals surface area contributed by atoms with Crippen LogP contribution in [0.2, 0.25) is 0 Å². The minimum atomic E-state index is -0.926. The molecule has 1 aliphatic carbocycles. The molecule has 2 N–H and O–H groups in total. The van der Waals surface area contributed by atoms with Crippen molar-refractivity contribution in [3.63, 3.8) is 0 Å². The van der Waals surface area contributed by atoms with Crippen LogP contribution in [0.15, 0.2) is 12.4 Å². The second-order valence-electron chi connectivity index (χ2n) is 3.52. The Morgan fingerprint density at radius 3 is 2.60 bits per heavy atom. The van der Waals surface area contributed by atoms with E-state index in [1.54, 1.807) is 0 Å². The number of carbonyl (C=O) groups is 1. The van der Waals surface area contributed by atoms with E-state index in [1.807, 2.05) is 0 Å². The van der Waals surface area contributed by atoms with Gasteiger partial charge in [-0.25, -0.2) is 19.2 Å². The maximum Gasteiger partial charge on any atom is 0.326 e. The number of hydrogen-bond donors (Lipinski definition) is 2. The van der Waals surface area contributed by atoms with Gasteiger partial charge in [0.05, 0.1) is 12.4 Å². The number of aliphatic carboxylic acids is 1. The summed E-state index contributed by atoms with van der Waals surface area (Å²) in [5.74, 6) is -1.18. The van der Waals surface area contributed by atoms with E-state index in [1.165, 1.54) is 0 Å². The summed E-state index contributed by atoms with van der Waals surface area (Å²) in [5, 5.41) is 11.6. The number of rotatable bonds is 4. The summed E-state index contributed by atoms with van der Waals surface area (Å²) in [7, 11) is 0. The molecule has 0 saturated heterocycles. The molecule has 0 radical (unpaired) electrons. The van der Waals surface area contributed by atoms with Crippen molar-refractivity contribution in [1.29, 1.82) is 0 Å². The fourth-order valence-corrected chi connectivity index (χ4v) is 1.34. The van der Waals surface area contributed by atoms with Crippen LogP contribution < -0.4 is 5.32 Å². The molecule has 1 saturated carbocycles. The SMILES string of the molecule is O=C(O)[C@@H](Nc1ncc(F)cn1)C1CC1. The Bertz CT molecular complexity index is 364. The van der Waals surface area contributed by atoms with Crippen molar-refractivity contribution in [2.45, 2.75) is 18.9 Å². The number of nitrogens with one attached hydrogen (secondary N) is 1. The van der Waals surface area contributed by atoms with Crippen LogP contribution in [-0.2, 0) is 4.79 Å². The summed E-state index contributed by atoms with van der Waals surface area (Å²) < 4.78 is 12.5. The second kappa shape index (κ2) is 3.80. The van der Waals surface area contributed by atoms with Gasteiger partial charge in [-0.3, -0.25) is 0 Å². The van der Waals surface area contributed by atoms with Crippen LogP contribution in [-0.4, -0.2) is 27.1 Å². The van der Waals surface area contributed by atoms with E-state index in [0.717, 1.165) is 25.2 Å². The predicted molar refractivity (Wildman–Crippen MR) is 49.8 cm³/mol. The van der Waals surface area contributed by atoms with E-state index < -0.39 is 17.8 Å². The highest BCUT2D eigenvalue weighted by molar-refractivity contribution is 5.77. The minimum Gasteiger partial charge on any atom is -0.480 e. The largest absolute Gasteiger partial charge is 0.480 e. The van der Waals surface area contributed by atoms with Crippen LogP contribution in [0.25, 0.3) is 0 Å². The first-order valence-electron chi connectivity index (χ1n) is 4.63. The van der Waals surface area contributed by atoms with Gasteiger partial charge in [0.25, 0.3) is 0 Å². The number of anilines is 1. The monoisotopic (exact) mass is 211 g/mol. The molecule has 6 heteroatoms. The third-order valence-corrected chi connectivity index (χ3v) is 2.26. The number of hydrogen-bond acceptors (Lipinski definition) is 4. The second-order valence-corrected chi connectivity index (χ2v) is 3.52.